The zero-order valence-electron chi connectivity index (χ0n) is 15.9. The maximum absolute atomic E-state index is 14.4. The van der Waals surface area contributed by atoms with Crippen LogP contribution >= 0.6 is 11.6 Å². The first-order valence-corrected chi connectivity index (χ1v) is 9.30. The van der Waals surface area contributed by atoms with E-state index in [4.69, 9.17) is 16.3 Å². The number of carbonyl (C=O) groups is 1. The summed E-state index contributed by atoms with van der Waals surface area (Å²) in [7, 11) is 0. The molecule has 1 fully saturated rings. The van der Waals surface area contributed by atoms with Crippen LogP contribution in [0.3, 0.4) is 0 Å². The zero-order valence-corrected chi connectivity index (χ0v) is 16.6. The molecule has 2 aromatic rings. The number of halogens is 3. The number of fused-ring (bicyclic) bond motifs is 1. The number of piperidine rings is 1. The fourth-order valence-corrected chi connectivity index (χ4v) is 3.16. The van der Waals surface area contributed by atoms with E-state index >= 15 is 0 Å². The lowest BCUT2D eigenvalue weighted by atomic mass is 9.93. The van der Waals surface area contributed by atoms with Crippen LogP contribution in [0.25, 0.3) is 11.0 Å². The number of hydrogen-bond donors (Lipinski definition) is 1. The maximum atomic E-state index is 14.4. The number of rotatable bonds is 3. The van der Waals surface area contributed by atoms with Crippen molar-refractivity contribution in [3.63, 3.8) is 0 Å². The van der Waals surface area contributed by atoms with Crippen molar-refractivity contribution in [2.24, 2.45) is 5.92 Å². The van der Waals surface area contributed by atoms with Crippen molar-refractivity contribution in [3.05, 3.63) is 23.6 Å². The molecule has 1 atom stereocenters. The summed E-state index contributed by atoms with van der Waals surface area (Å²) in [6.07, 6.45) is 1.98. The standard InChI is InChI=1S/C18H22ClF2N5O2/c1-17(2,3)28-16(27)26-7-4-18(20,21)11(10-26)9-24-15-14-12(8-13(19)25-15)22-5-6-23-14/h5-6,8,11H,4,7,9-10H2,1-3H3,(H,24,25). The van der Waals surface area contributed by atoms with Crippen LogP contribution in [0.2, 0.25) is 5.15 Å². The van der Waals surface area contributed by atoms with E-state index in [9.17, 15) is 13.6 Å². The molecular formula is C18H22ClF2N5O2. The Morgan fingerprint density at radius 2 is 2.11 bits per heavy atom. The van der Waals surface area contributed by atoms with Crippen molar-refractivity contribution < 1.29 is 18.3 Å². The average Bonchev–Trinajstić information content (AvgIpc) is 2.58. The van der Waals surface area contributed by atoms with Crippen molar-refractivity contribution in [1.29, 1.82) is 0 Å². The van der Waals surface area contributed by atoms with Gasteiger partial charge in [-0.15, -0.1) is 0 Å². The van der Waals surface area contributed by atoms with E-state index in [1.54, 1.807) is 26.8 Å². The van der Waals surface area contributed by atoms with Crippen LogP contribution in [0.4, 0.5) is 19.4 Å². The molecule has 7 nitrogen and oxygen atoms in total. The number of ether oxygens (including phenoxy) is 1. The van der Waals surface area contributed by atoms with E-state index in [1.165, 1.54) is 17.3 Å². The van der Waals surface area contributed by atoms with Crippen molar-refractivity contribution in [2.45, 2.75) is 38.7 Å². The van der Waals surface area contributed by atoms with Gasteiger partial charge in [0.2, 0.25) is 0 Å². The highest BCUT2D eigenvalue weighted by Gasteiger charge is 2.45. The third-order valence-electron chi connectivity index (χ3n) is 4.35. The second kappa shape index (κ2) is 7.62. The van der Waals surface area contributed by atoms with Gasteiger partial charge < -0.3 is 15.0 Å². The van der Waals surface area contributed by atoms with Crippen LogP contribution in [0.15, 0.2) is 18.5 Å². The number of likely N-dealkylation sites (tertiary alicyclic amines) is 1. The first-order chi connectivity index (χ1) is 13.0. The number of nitrogens with zero attached hydrogens (tertiary/aromatic N) is 4. The maximum Gasteiger partial charge on any atom is 0.410 e. The quantitative estimate of drug-likeness (QED) is 0.766. The Bertz CT molecular complexity index is 875. The van der Waals surface area contributed by atoms with Crippen molar-refractivity contribution >= 4 is 34.5 Å². The van der Waals surface area contributed by atoms with Gasteiger partial charge in [-0.1, -0.05) is 11.6 Å². The summed E-state index contributed by atoms with van der Waals surface area (Å²) in [4.78, 5) is 26.0. The first-order valence-electron chi connectivity index (χ1n) is 8.92. The summed E-state index contributed by atoms with van der Waals surface area (Å²) in [6.45, 7) is 4.92. The second-order valence-corrected chi connectivity index (χ2v) is 8.12. The van der Waals surface area contributed by atoms with Crippen molar-refractivity contribution in [3.8, 4) is 0 Å². The fraction of sp³-hybridized carbons (Fsp3) is 0.556. The molecule has 1 unspecified atom stereocenters. The number of pyridine rings is 1. The molecule has 0 bridgehead atoms. The highest BCUT2D eigenvalue weighted by molar-refractivity contribution is 6.30. The van der Waals surface area contributed by atoms with Crippen LogP contribution in [0, 0.1) is 5.92 Å². The minimum Gasteiger partial charge on any atom is -0.444 e. The van der Waals surface area contributed by atoms with Crippen LogP contribution < -0.4 is 5.32 Å². The summed E-state index contributed by atoms with van der Waals surface area (Å²) in [5.41, 5.74) is 0.262. The molecule has 1 amide bonds. The number of alkyl halides is 2. The number of nitrogens with one attached hydrogen (secondary N) is 1. The van der Waals surface area contributed by atoms with Gasteiger partial charge >= 0.3 is 6.09 Å². The first kappa shape index (κ1) is 20.4. The summed E-state index contributed by atoms with van der Waals surface area (Å²) < 4.78 is 34.2. The molecule has 0 spiro atoms. The third kappa shape index (κ3) is 4.76. The monoisotopic (exact) mass is 413 g/mol. The van der Waals surface area contributed by atoms with Gasteiger partial charge in [0.1, 0.15) is 16.3 Å². The van der Waals surface area contributed by atoms with Gasteiger partial charge in [0.05, 0.1) is 11.4 Å². The van der Waals surface area contributed by atoms with E-state index in [0.717, 1.165) is 0 Å². The number of hydrogen-bond acceptors (Lipinski definition) is 6. The summed E-state index contributed by atoms with van der Waals surface area (Å²) >= 11 is 5.99. The predicted octanol–water partition coefficient (Wildman–Crippen LogP) is 3.98. The Kier molecular flexibility index (Phi) is 5.56. The second-order valence-electron chi connectivity index (χ2n) is 7.73. The fourth-order valence-electron chi connectivity index (χ4n) is 2.97. The van der Waals surface area contributed by atoms with Gasteiger partial charge in [-0.25, -0.2) is 23.5 Å². The molecule has 3 heterocycles. The number of anilines is 1. The lowest BCUT2D eigenvalue weighted by Gasteiger charge is -2.38. The molecule has 1 saturated heterocycles. The van der Waals surface area contributed by atoms with Crippen LogP contribution in [0.1, 0.15) is 27.2 Å². The van der Waals surface area contributed by atoms with E-state index in [-0.39, 0.29) is 30.6 Å². The molecule has 2 aromatic heterocycles. The SMILES string of the molecule is CC(C)(C)OC(=O)N1CCC(F)(F)C(CNc2nc(Cl)cc3nccnc23)C1. The van der Waals surface area contributed by atoms with Gasteiger partial charge in [-0.3, -0.25) is 4.98 Å². The molecule has 1 aliphatic rings. The number of carbonyl (C=O) groups excluding carboxylic acids is 1. The number of aromatic nitrogens is 3. The van der Waals surface area contributed by atoms with Crippen LogP contribution in [0.5, 0.6) is 0 Å². The normalized spacial score (nSPS) is 19.5. The topological polar surface area (TPSA) is 80.2 Å². The molecule has 0 saturated carbocycles. The highest BCUT2D eigenvalue weighted by atomic mass is 35.5. The molecule has 10 heteroatoms. The third-order valence-corrected chi connectivity index (χ3v) is 4.54. The van der Waals surface area contributed by atoms with Gasteiger partial charge in [-0.2, -0.15) is 0 Å². The molecule has 1 N–H and O–H groups in total. The molecule has 1 aliphatic heterocycles. The molecule has 0 aromatic carbocycles. The van der Waals surface area contributed by atoms with Gasteiger partial charge in [-0.05, 0) is 20.8 Å². The van der Waals surface area contributed by atoms with E-state index in [1.807, 2.05) is 0 Å². The lowest BCUT2D eigenvalue weighted by molar-refractivity contribution is -0.100. The highest BCUT2D eigenvalue weighted by Crippen LogP contribution is 2.34. The van der Waals surface area contributed by atoms with E-state index in [2.05, 4.69) is 20.3 Å². The van der Waals surface area contributed by atoms with Gasteiger partial charge in [0.25, 0.3) is 5.92 Å². The summed E-state index contributed by atoms with van der Waals surface area (Å²) in [5, 5.41) is 3.09. The van der Waals surface area contributed by atoms with Gasteiger partial charge in [0.15, 0.2) is 5.82 Å². The Morgan fingerprint density at radius 3 is 2.82 bits per heavy atom. The molecule has 28 heavy (non-hydrogen) atoms. The average molecular weight is 414 g/mol. The lowest BCUT2D eigenvalue weighted by Crippen LogP contribution is -2.52. The summed E-state index contributed by atoms with van der Waals surface area (Å²) in [5.74, 6) is -3.76. The van der Waals surface area contributed by atoms with Crippen molar-refractivity contribution in [2.75, 3.05) is 25.0 Å². The molecule has 152 valence electrons. The molecule has 0 aliphatic carbocycles. The minimum absolute atomic E-state index is 0.0533. The minimum atomic E-state index is -2.93. The predicted molar refractivity (Wildman–Crippen MR) is 102 cm³/mol. The largest absolute Gasteiger partial charge is 0.444 e. The Hall–Kier alpha value is -2.29. The molecular weight excluding hydrogens is 392 g/mol. The van der Waals surface area contributed by atoms with E-state index < -0.39 is 30.0 Å². The Balaban J connectivity index is 1.74. The number of amides is 1. The molecule has 0 radical (unpaired) electrons. The van der Waals surface area contributed by atoms with Gasteiger partial charge in [0, 0.05) is 44.5 Å². The summed E-state index contributed by atoms with van der Waals surface area (Å²) in [6, 6.07) is 1.55. The van der Waals surface area contributed by atoms with Crippen LogP contribution in [-0.4, -0.2) is 57.1 Å². The Labute approximate surface area is 166 Å². The smallest absolute Gasteiger partial charge is 0.410 e. The zero-order chi connectivity index (χ0) is 20.5. The van der Waals surface area contributed by atoms with Crippen molar-refractivity contribution in [1.82, 2.24) is 19.9 Å². The van der Waals surface area contributed by atoms with E-state index in [0.29, 0.717) is 11.0 Å². The van der Waals surface area contributed by atoms with Crippen LogP contribution in [-0.2, 0) is 4.74 Å². The Morgan fingerprint density at radius 1 is 1.39 bits per heavy atom. The molecule has 3 rings (SSSR count).